The van der Waals surface area contributed by atoms with Crippen LogP contribution in [0.5, 0.6) is 5.75 Å². The monoisotopic (exact) mass is 374 g/mol. The molecule has 0 radical (unpaired) electrons. The van der Waals surface area contributed by atoms with Crippen molar-refractivity contribution < 1.29 is 17.9 Å². The Morgan fingerprint density at radius 3 is 2.65 bits per heavy atom. The van der Waals surface area contributed by atoms with E-state index in [1.807, 2.05) is 24.3 Å². The SMILES string of the molecule is CNS(=O)(=O)c1cc(C(=O)NC[C@@H]2Cc3ccccc3O2)cc(C)c1C. The highest BCUT2D eigenvalue weighted by Crippen LogP contribution is 2.28. The van der Waals surface area contributed by atoms with Gasteiger partial charge in [0, 0.05) is 12.0 Å². The quantitative estimate of drug-likeness (QED) is 0.838. The number of aryl methyl sites for hydroxylation is 1. The number of benzene rings is 2. The van der Waals surface area contributed by atoms with Gasteiger partial charge in [0.05, 0.1) is 11.4 Å². The zero-order valence-electron chi connectivity index (χ0n) is 15.0. The van der Waals surface area contributed by atoms with Crippen molar-refractivity contribution in [1.82, 2.24) is 10.0 Å². The number of fused-ring (bicyclic) bond motifs is 1. The summed E-state index contributed by atoms with van der Waals surface area (Å²) in [7, 11) is -2.28. The standard InChI is InChI=1S/C19H22N2O4S/c1-12-8-15(10-18(13(12)2)26(23,24)20-3)19(22)21-11-16-9-14-6-4-5-7-17(14)25-16/h4-8,10,16,20H,9,11H2,1-3H3,(H,21,22)/t16-/m0/s1. The average Bonchev–Trinajstić information content (AvgIpc) is 3.04. The Balaban J connectivity index is 1.73. The van der Waals surface area contributed by atoms with Crippen LogP contribution >= 0.6 is 0 Å². The molecule has 0 saturated carbocycles. The molecule has 7 heteroatoms. The van der Waals surface area contributed by atoms with E-state index in [-0.39, 0.29) is 16.9 Å². The molecule has 0 aromatic heterocycles. The van der Waals surface area contributed by atoms with Crippen molar-refractivity contribution in [3.8, 4) is 5.75 Å². The van der Waals surface area contributed by atoms with Crippen molar-refractivity contribution in [3.05, 3.63) is 58.7 Å². The van der Waals surface area contributed by atoms with Gasteiger partial charge >= 0.3 is 0 Å². The Morgan fingerprint density at radius 2 is 1.96 bits per heavy atom. The topological polar surface area (TPSA) is 84.5 Å². The molecule has 0 fully saturated rings. The highest BCUT2D eigenvalue weighted by molar-refractivity contribution is 7.89. The Kier molecular flexibility index (Phi) is 5.02. The van der Waals surface area contributed by atoms with Crippen LogP contribution in [0.3, 0.4) is 0 Å². The lowest BCUT2D eigenvalue weighted by atomic mass is 10.1. The summed E-state index contributed by atoms with van der Waals surface area (Å²) in [5.74, 6) is 0.528. The first-order valence-electron chi connectivity index (χ1n) is 8.39. The third-order valence-corrected chi connectivity index (χ3v) is 6.18. The molecule has 26 heavy (non-hydrogen) atoms. The van der Waals surface area contributed by atoms with Crippen LogP contribution in [0.2, 0.25) is 0 Å². The molecule has 0 aliphatic carbocycles. The molecule has 0 spiro atoms. The first-order valence-corrected chi connectivity index (χ1v) is 9.87. The lowest BCUT2D eigenvalue weighted by Crippen LogP contribution is -2.34. The molecular formula is C19H22N2O4S. The minimum Gasteiger partial charge on any atom is -0.488 e. The number of carbonyl (C=O) groups excluding carboxylic acids is 1. The fraction of sp³-hybridized carbons (Fsp3) is 0.316. The van der Waals surface area contributed by atoms with Crippen molar-refractivity contribution in [1.29, 1.82) is 0 Å². The maximum atomic E-state index is 12.5. The van der Waals surface area contributed by atoms with E-state index in [1.54, 1.807) is 19.9 Å². The van der Waals surface area contributed by atoms with Gasteiger partial charge in [-0.15, -0.1) is 0 Å². The number of carbonyl (C=O) groups is 1. The number of rotatable bonds is 5. The summed E-state index contributed by atoms with van der Waals surface area (Å²) in [5, 5.41) is 2.84. The maximum Gasteiger partial charge on any atom is 0.251 e. The second kappa shape index (κ2) is 7.09. The number of hydrogen-bond acceptors (Lipinski definition) is 4. The Morgan fingerprint density at radius 1 is 1.23 bits per heavy atom. The minimum absolute atomic E-state index is 0.120. The zero-order chi connectivity index (χ0) is 18.9. The molecule has 138 valence electrons. The van der Waals surface area contributed by atoms with Crippen LogP contribution in [0.4, 0.5) is 0 Å². The second-order valence-electron chi connectivity index (χ2n) is 6.39. The summed E-state index contributed by atoms with van der Waals surface area (Å²) in [6, 6.07) is 10.9. The van der Waals surface area contributed by atoms with Crippen molar-refractivity contribution in [3.63, 3.8) is 0 Å². The number of hydrogen-bond donors (Lipinski definition) is 2. The third-order valence-electron chi connectivity index (χ3n) is 4.64. The minimum atomic E-state index is -3.63. The highest BCUT2D eigenvalue weighted by atomic mass is 32.2. The molecule has 1 atom stereocenters. The van der Waals surface area contributed by atoms with Crippen LogP contribution in [-0.2, 0) is 16.4 Å². The molecule has 2 N–H and O–H groups in total. The van der Waals surface area contributed by atoms with Gasteiger partial charge in [-0.05, 0) is 55.8 Å². The molecule has 0 bridgehead atoms. The molecule has 1 aliphatic heterocycles. The largest absolute Gasteiger partial charge is 0.488 e. The van der Waals surface area contributed by atoms with Crippen molar-refractivity contribution in [2.75, 3.05) is 13.6 Å². The zero-order valence-corrected chi connectivity index (χ0v) is 15.8. The smallest absolute Gasteiger partial charge is 0.251 e. The van der Waals surface area contributed by atoms with Gasteiger partial charge in [-0.3, -0.25) is 4.79 Å². The maximum absolute atomic E-state index is 12.5. The summed E-state index contributed by atoms with van der Waals surface area (Å²) in [5.41, 5.74) is 2.82. The molecule has 3 rings (SSSR count). The fourth-order valence-electron chi connectivity index (χ4n) is 3.02. The van der Waals surface area contributed by atoms with Crippen molar-refractivity contribution in [2.24, 2.45) is 0 Å². The second-order valence-corrected chi connectivity index (χ2v) is 8.24. The Hall–Kier alpha value is -2.38. The van der Waals surface area contributed by atoms with E-state index < -0.39 is 10.0 Å². The summed E-state index contributed by atoms with van der Waals surface area (Å²) in [6.45, 7) is 3.87. The van der Waals surface area contributed by atoms with Crippen LogP contribution in [0.25, 0.3) is 0 Å². The van der Waals surface area contributed by atoms with Gasteiger partial charge in [0.1, 0.15) is 11.9 Å². The van der Waals surface area contributed by atoms with Gasteiger partial charge in [0.2, 0.25) is 10.0 Å². The number of ether oxygens (including phenoxy) is 1. The van der Waals surface area contributed by atoms with Crippen LogP contribution in [0.15, 0.2) is 41.3 Å². The lowest BCUT2D eigenvalue weighted by molar-refractivity contribution is 0.0933. The van der Waals surface area contributed by atoms with Crippen LogP contribution < -0.4 is 14.8 Å². The van der Waals surface area contributed by atoms with Gasteiger partial charge in [0.15, 0.2) is 0 Å². The van der Waals surface area contributed by atoms with E-state index in [0.717, 1.165) is 23.3 Å². The molecule has 1 heterocycles. The van der Waals surface area contributed by atoms with Gasteiger partial charge in [-0.2, -0.15) is 0 Å². The fourth-order valence-corrected chi connectivity index (χ4v) is 4.09. The predicted molar refractivity (Wildman–Crippen MR) is 99.1 cm³/mol. The number of para-hydroxylation sites is 1. The molecule has 6 nitrogen and oxygen atoms in total. The first kappa shape index (κ1) is 18.4. The normalized spacial score (nSPS) is 16.0. The van der Waals surface area contributed by atoms with Gasteiger partial charge in [-0.25, -0.2) is 13.1 Å². The molecule has 2 aromatic carbocycles. The molecule has 0 unspecified atom stereocenters. The number of nitrogens with one attached hydrogen (secondary N) is 2. The molecular weight excluding hydrogens is 352 g/mol. The van der Waals surface area contributed by atoms with E-state index >= 15 is 0 Å². The summed E-state index contributed by atoms with van der Waals surface area (Å²) < 4.78 is 32.5. The summed E-state index contributed by atoms with van der Waals surface area (Å²) in [4.78, 5) is 12.6. The van der Waals surface area contributed by atoms with Crippen LogP contribution in [0, 0.1) is 13.8 Å². The van der Waals surface area contributed by atoms with Gasteiger partial charge in [-0.1, -0.05) is 18.2 Å². The Bertz CT molecular complexity index is 929. The molecule has 0 saturated heterocycles. The first-order chi connectivity index (χ1) is 12.3. The Labute approximate surface area is 153 Å². The van der Waals surface area contributed by atoms with E-state index in [4.69, 9.17) is 4.74 Å². The number of amides is 1. The summed E-state index contributed by atoms with van der Waals surface area (Å²) in [6.07, 6.45) is 0.617. The molecule has 1 aliphatic rings. The lowest BCUT2D eigenvalue weighted by Gasteiger charge is -2.14. The van der Waals surface area contributed by atoms with E-state index in [0.29, 0.717) is 17.7 Å². The van der Waals surface area contributed by atoms with Gasteiger partial charge < -0.3 is 10.1 Å². The summed E-state index contributed by atoms with van der Waals surface area (Å²) >= 11 is 0. The van der Waals surface area contributed by atoms with E-state index in [2.05, 4.69) is 10.0 Å². The highest BCUT2D eigenvalue weighted by Gasteiger charge is 2.24. The number of sulfonamides is 1. The predicted octanol–water partition coefficient (Wildman–Crippen LogP) is 1.95. The van der Waals surface area contributed by atoms with Crippen molar-refractivity contribution in [2.45, 2.75) is 31.3 Å². The van der Waals surface area contributed by atoms with Crippen molar-refractivity contribution >= 4 is 15.9 Å². The molecule has 1 amide bonds. The van der Waals surface area contributed by atoms with Crippen LogP contribution in [0.1, 0.15) is 27.0 Å². The third kappa shape index (κ3) is 3.59. The van der Waals surface area contributed by atoms with Crippen LogP contribution in [-0.4, -0.2) is 34.0 Å². The van der Waals surface area contributed by atoms with E-state index in [1.165, 1.54) is 13.1 Å². The van der Waals surface area contributed by atoms with E-state index in [9.17, 15) is 13.2 Å². The molecule has 2 aromatic rings. The van der Waals surface area contributed by atoms with Gasteiger partial charge in [0.25, 0.3) is 5.91 Å². The average molecular weight is 374 g/mol.